The molecule has 2 N–H and O–H groups in total. The normalized spacial score (nSPS) is 26.8. The molecule has 0 radical (unpaired) electrons. The Hall–Kier alpha value is -4.00. The molecule has 33 heavy (non-hydrogen) atoms. The molecule has 0 aromatic carbocycles. The highest BCUT2D eigenvalue weighted by molar-refractivity contribution is 6.20. The van der Waals surface area contributed by atoms with Crippen LogP contribution in [0.15, 0.2) is 80.6 Å². The summed E-state index contributed by atoms with van der Waals surface area (Å²) in [4.78, 5) is 30.7. The number of carbonyl (C=O) groups excluding carboxylic acids is 1. The quantitative estimate of drug-likeness (QED) is 0.715. The van der Waals surface area contributed by atoms with E-state index in [4.69, 9.17) is 9.41 Å². The largest absolute Gasteiger partial charge is 0.443 e. The summed E-state index contributed by atoms with van der Waals surface area (Å²) < 4.78 is 5.93. The second-order valence-electron chi connectivity index (χ2n) is 9.23. The van der Waals surface area contributed by atoms with Crippen LogP contribution in [0.2, 0.25) is 0 Å². The predicted molar refractivity (Wildman–Crippen MR) is 127 cm³/mol. The summed E-state index contributed by atoms with van der Waals surface area (Å²) in [5.41, 5.74) is 1.57. The Balaban J connectivity index is 1.60. The highest BCUT2D eigenvalue weighted by Crippen LogP contribution is 2.41. The molecule has 6 heterocycles. The highest BCUT2D eigenvalue weighted by Gasteiger charge is 2.46. The lowest BCUT2D eigenvalue weighted by Crippen LogP contribution is -2.27. The second kappa shape index (κ2) is 6.75. The fourth-order valence-electron chi connectivity index (χ4n) is 4.57. The van der Waals surface area contributed by atoms with Gasteiger partial charge in [-0.2, -0.15) is 0 Å². The summed E-state index contributed by atoms with van der Waals surface area (Å²) in [6, 6.07) is 3.54. The van der Waals surface area contributed by atoms with E-state index in [1.165, 1.54) is 0 Å². The summed E-state index contributed by atoms with van der Waals surface area (Å²) >= 11 is 0. The smallest absolute Gasteiger partial charge is 0.191 e. The first-order valence-corrected chi connectivity index (χ1v) is 10.9. The maximum absolute atomic E-state index is 13.3. The fourth-order valence-corrected chi connectivity index (χ4v) is 4.57. The Bertz CT molecular complexity index is 1510. The van der Waals surface area contributed by atoms with Crippen molar-refractivity contribution >= 4 is 29.4 Å². The summed E-state index contributed by atoms with van der Waals surface area (Å²) in [7, 11) is 0. The maximum Gasteiger partial charge on any atom is 0.191 e. The van der Waals surface area contributed by atoms with E-state index >= 15 is 0 Å². The van der Waals surface area contributed by atoms with Crippen LogP contribution in [-0.4, -0.2) is 33.2 Å². The summed E-state index contributed by atoms with van der Waals surface area (Å²) in [5, 5.41) is 5.29. The van der Waals surface area contributed by atoms with Crippen LogP contribution in [0.5, 0.6) is 0 Å². The van der Waals surface area contributed by atoms with Crippen molar-refractivity contribution in [3.05, 3.63) is 88.5 Å². The molecule has 2 aromatic heterocycles. The molecule has 4 aliphatic heterocycles. The van der Waals surface area contributed by atoms with Gasteiger partial charge in [-0.25, -0.2) is 9.98 Å². The Morgan fingerprint density at radius 3 is 2.61 bits per heavy atom. The third-order valence-electron chi connectivity index (χ3n) is 6.44. The van der Waals surface area contributed by atoms with Gasteiger partial charge in [-0.05, 0) is 74.6 Å². The van der Waals surface area contributed by atoms with Gasteiger partial charge in [0.1, 0.15) is 6.04 Å². The number of allylic oxidation sites excluding steroid dienone is 4. The number of aryl methyl sites for hydroxylation is 1. The summed E-state index contributed by atoms with van der Waals surface area (Å²) in [6.07, 6.45) is 17.4. The van der Waals surface area contributed by atoms with E-state index in [1.807, 2.05) is 81.5 Å². The van der Waals surface area contributed by atoms with Gasteiger partial charge in [0, 0.05) is 23.3 Å². The predicted octanol–water partition coefficient (Wildman–Crippen LogP) is 2.14. The lowest BCUT2D eigenvalue weighted by atomic mass is 9.83. The van der Waals surface area contributed by atoms with Gasteiger partial charge in [-0.15, -0.1) is 0 Å². The SMILES string of the molecule is Cc1ncc(C23C=CC(=N2)C=c2ccc([nH]2)=CC2=NC(=CC4NC(=C3)C(C)(C)C4=O)C=C2)o1. The van der Waals surface area contributed by atoms with Crippen LogP contribution in [0, 0.1) is 12.3 Å². The van der Waals surface area contributed by atoms with Crippen LogP contribution in [0.25, 0.3) is 12.2 Å². The Labute approximate surface area is 190 Å². The molecule has 7 nitrogen and oxygen atoms in total. The van der Waals surface area contributed by atoms with E-state index in [0.29, 0.717) is 11.7 Å². The third-order valence-corrected chi connectivity index (χ3v) is 6.44. The Kier molecular flexibility index (Phi) is 4.02. The molecule has 0 saturated carbocycles. The van der Waals surface area contributed by atoms with Gasteiger partial charge in [0.2, 0.25) is 0 Å². The zero-order chi connectivity index (χ0) is 22.8. The number of carbonyl (C=O) groups is 1. The molecule has 0 aliphatic carbocycles. The molecule has 2 aromatic rings. The van der Waals surface area contributed by atoms with E-state index < -0.39 is 17.0 Å². The van der Waals surface area contributed by atoms with Gasteiger partial charge in [0.05, 0.1) is 28.7 Å². The first-order valence-electron chi connectivity index (χ1n) is 10.9. The number of oxazole rings is 1. The molecule has 2 atom stereocenters. The number of ketones is 1. The number of nitrogens with zero attached hydrogens (tertiary/aromatic N) is 3. The van der Waals surface area contributed by atoms with E-state index in [0.717, 1.165) is 33.5 Å². The van der Waals surface area contributed by atoms with Gasteiger partial charge in [0.15, 0.2) is 23.0 Å². The molecule has 0 amide bonds. The number of fused-ring (bicyclic) bond motifs is 6. The number of aliphatic imine (C=N–C) groups is 2. The van der Waals surface area contributed by atoms with Crippen molar-refractivity contribution in [2.75, 3.05) is 0 Å². The minimum absolute atomic E-state index is 0.0850. The number of nitrogens with one attached hydrogen (secondary N) is 2. The minimum atomic E-state index is -0.897. The van der Waals surface area contributed by atoms with Crippen LogP contribution in [0.4, 0.5) is 0 Å². The van der Waals surface area contributed by atoms with Gasteiger partial charge in [-0.3, -0.25) is 9.79 Å². The average Bonchev–Trinajstić information content (AvgIpc) is 3.57. The molecule has 1 fully saturated rings. The van der Waals surface area contributed by atoms with Crippen LogP contribution in [0.3, 0.4) is 0 Å². The van der Waals surface area contributed by atoms with Crippen molar-refractivity contribution in [2.24, 2.45) is 15.4 Å². The number of Topliss-reactive ketones (excluding diaryl/α,β-unsaturated/α-hetero) is 1. The second-order valence-corrected chi connectivity index (χ2v) is 9.23. The summed E-state index contributed by atoms with van der Waals surface area (Å²) in [6.45, 7) is 5.67. The number of hydrogen-bond acceptors (Lipinski definition) is 6. The molecule has 6 rings (SSSR count). The standard InChI is InChI=1S/C26H23N5O2/c1-15-27-14-23(33-15)26-9-8-20(31-26)11-18-5-4-16(28-18)10-17-6-7-19(29-17)12-21-24(32)25(2,3)22(13-26)30-21/h4-14,21,28,30H,1-3H3. The molecule has 8 bridgehead atoms. The fraction of sp³-hybridized carbons (Fsp3) is 0.231. The molecule has 7 heteroatoms. The van der Waals surface area contributed by atoms with Crippen molar-refractivity contribution in [1.29, 1.82) is 0 Å². The van der Waals surface area contributed by atoms with Crippen molar-refractivity contribution < 1.29 is 9.21 Å². The monoisotopic (exact) mass is 437 g/mol. The molecular weight excluding hydrogens is 414 g/mol. The zero-order valence-electron chi connectivity index (χ0n) is 18.6. The van der Waals surface area contributed by atoms with Gasteiger partial charge < -0.3 is 14.7 Å². The lowest BCUT2D eigenvalue weighted by molar-refractivity contribution is -0.123. The number of H-pyrrole nitrogens is 1. The molecular formula is C26H23N5O2. The van der Waals surface area contributed by atoms with Crippen LogP contribution in [0.1, 0.15) is 25.5 Å². The maximum atomic E-state index is 13.3. The van der Waals surface area contributed by atoms with E-state index in [9.17, 15) is 4.79 Å². The molecule has 1 saturated heterocycles. The number of rotatable bonds is 1. The number of aromatic amines is 1. The topological polar surface area (TPSA) is 95.6 Å². The van der Waals surface area contributed by atoms with Crippen molar-refractivity contribution in [1.82, 2.24) is 15.3 Å². The van der Waals surface area contributed by atoms with E-state index in [-0.39, 0.29) is 5.78 Å². The Morgan fingerprint density at radius 1 is 1.06 bits per heavy atom. The van der Waals surface area contributed by atoms with E-state index in [2.05, 4.69) is 20.3 Å². The first-order chi connectivity index (χ1) is 15.8. The van der Waals surface area contributed by atoms with Crippen molar-refractivity contribution in [2.45, 2.75) is 32.4 Å². The number of aromatic nitrogens is 2. The van der Waals surface area contributed by atoms with Crippen LogP contribution < -0.4 is 16.0 Å². The van der Waals surface area contributed by atoms with Crippen LogP contribution >= 0.6 is 0 Å². The molecule has 4 aliphatic rings. The van der Waals surface area contributed by atoms with Crippen molar-refractivity contribution in [3.63, 3.8) is 0 Å². The average molecular weight is 438 g/mol. The number of hydrogen-bond donors (Lipinski definition) is 2. The van der Waals surface area contributed by atoms with E-state index in [1.54, 1.807) is 6.20 Å². The van der Waals surface area contributed by atoms with Crippen molar-refractivity contribution in [3.8, 4) is 0 Å². The third kappa shape index (κ3) is 3.19. The molecule has 2 unspecified atom stereocenters. The highest BCUT2D eigenvalue weighted by atomic mass is 16.4. The Morgan fingerprint density at radius 2 is 1.85 bits per heavy atom. The molecule has 0 spiro atoms. The van der Waals surface area contributed by atoms with Gasteiger partial charge in [-0.1, -0.05) is 0 Å². The first kappa shape index (κ1) is 19.7. The summed E-state index contributed by atoms with van der Waals surface area (Å²) in [5.74, 6) is 1.25. The van der Waals surface area contributed by atoms with Gasteiger partial charge in [0.25, 0.3) is 0 Å². The minimum Gasteiger partial charge on any atom is -0.443 e. The van der Waals surface area contributed by atoms with Crippen LogP contribution in [-0.2, 0) is 10.3 Å². The molecule has 164 valence electrons. The zero-order valence-corrected chi connectivity index (χ0v) is 18.6. The van der Waals surface area contributed by atoms with Gasteiger partial charge >= 0.3 is 0 Å². The lowest BCUT2D eigenvalue weighted by Gasteiger charge is -2.23.